The Labute approximate surface area is 170 Å². The number of hydrogen-bond acceptors (Lipinski definition) is 8. The van der Waals surface area contributed by atoms with Gasteiger partial charge in [-0.2, -0.15) is 0 Å². The number of allylic oxidation sites excluding steroid dienone is 1. The van der Waals surface area contributed by atoms with E-state index < -0.39 is 41.8 Å². The molecule has 0 fully saturated rings. The van der Waals surface area contributed by atoms with Crippen LogP contribution in [0.2, 0.25) is 0 Å². The first-order valence-corrected chi connectivity index (χ1v) is 8.68. The monoisotopic (exact) mass is 418 g/mol. The topological polar surface area (TPSA) is 157 Å². The molecule has 1 aromatic carbocycles. The number of amides is 1. The summed E-state index contributed by atoms with van der Waals surface area (Å²) in [5.41, 5.74) is 11.1. The average molecular weight is 418 g/mol. The molecule has 0 bridgehead atoms. The molecule has 0 aliphatic heterocycles. The zero-order valence-electron chi connectivity index (χ0n) is 16.0. The van der Waals surface area contributed by atoms with Crippen molar-refractivity contribution in [2.24, 2.45) is 16.5 Å². The number of benzene rings is 1. The van der Waals surface area contributed by atoms with Crippen molar-refractivity contribution in [1.82, 2.24) is 9.97 Å². The van der Waals surface area contributed by atoms with Gasteiger partial charge in [-0.25, -0.2) is 18.7 Å². The van der Waals surface area contributed by atoms with Gasteiger partial charge in [-0.15, -0.1) is 0 Å². The fraction of sp³-hybridized carbons (Fsp3) is 0.211. The minimum absolute atomic E-state index is 0.0662. The second kappa shape index (κ2) is 10.2. The zero-order valence-corrected chi connectivity index (χ0v) is 16.0. The highest BCUT2D eigenvalue weighted by molar-refractivity contribution is 6.44. The van der Waals surface area contributed by atoms with E-state index in [-0.39, 0.29) is 29.3 Å². The molecule has 2 rings (SSSR count). The number of aliphatic hydroxyl groups excluding tert-OH is 1. The number of anilines is 1. The number of nitrogens with zero attached hydrogens (tertiary/aromatic N) is 3. The molecule has 9 nitrogen and oxygen atoms in total. The van der Waals surface area contributed by atoms with Crippen LogP contribution in [0, 0.1) is 11.6 Å². The summed E-state index contributed by atoms with van der Waals surface area (Å²) in [4.78, 5) is 34.8. The van der Waals surface area contributed by atoms with Gasteiger partial charge >= 0.3 is 0 Å². The van der Waals surface area contributed by atoms with Crippen molar-refractivity contribution in [3.05, 3.63) is 59.6 Å². The van der Waals surface area contributed by atoms with Gasteiger partial charge in [0.25, 0.3) is 0 Å². The van der Waals surface area contributed by atoms with Gasteiger partial charge in [-0.1, -0.05) is 18.2 Å². The molecule has 0 aliphatic carbocycles. The number of ketones is 1. The minimum atomic E-state index is -1.28. The first-order valence-electron chi connectivity index (χ1n) is 8.68. The van der Waals surface area contributed by atoms with Gasteiger partial charge in [0.05, 0.1) is 25.0 Å². The molecule has 0 aliphatic rings. The average Bonchev–Trinajstić information content (AvgIpc) is 2.70. The molecule has 158 valence electrons. The maximum absolute atomic E-state index is 13.9. The third-order valence-corrected chi connectivity index (χ3v) is 3.87. The number of halogens is 2. The molecule has 0 saturated carbocycles. The number of hydrogen-bond donors (Lipinski definition) is 4. The Morgan fingerprint density at radius 3 is 2.57 bits per heavy atom. The second-order valence-corrected chi connectivity index (χ2v) is 6.12. The van der Waals surface area contributed by atoms with Gasteiger partial charge in [-0.05, 0) is 12.1 Å². The lowest BCUT2D eigenvalue weighted by atomic mass is 10.2. The molecule has 11 heteroatoms. The summed E-state index contributed by atoms with van der Waals surface area (Å²) < 4.78 is 27.7. The summed E-state index contributed by atoms with van der Waals surface area (Å²) in [6.45, 7) is 0.469. The summed E-state index contributed by atoms with van der Waals surface area (Å²) in [5.74, 6) is -3.32. The number of carbonyl (C=O) groups excluding carboxylic acids is 2. The highest BCUT2D eigenvalue weighted by Gasteiger charge is 2.18. The summed E-state index contributed by atoms with van der Waals surface area (Å²) in [6, 6.07) is 4.69. The van der Waals surface area contributed by atoms with Gasteiger partial charge in [0.15, 0.2) is 23.2 Å². The van der Waals surface area contributed by atoms with Gasteiger partial charge in [-0.3, -0.25) is 14.6 Å². The zero-order chi connectivity index (χ0) is 22.3. The van der Waals surface area contributed by atoms with Crippen molar-refractivity contribution in [3.63, 3.8) is 0 Å². The van der Waals surface area contributed by atoms with E-state index in [1.165, 1.54) is 31.2 Å². The smallest absolute Gasteiger partial charge is 0.242 e. The van der Waals surface area contributed by atoms with E-state index in [2.05, 4.69) is 20.3 Å². The second-order valence-electron chi connectivity index (χ2n) is 6.12. The van der Waals surface area contributed by atoms with Gasteiger partial charge in [0.2, 0.25) is 5.91 Å². The van der Waals surface area contributed by atoms with Crippen molar-refractivity contribution in [2.75, 3.05) is 11.9 Å². The van der Waals surface area contributed by atoms with Gasteiger partial charge in [0, 0.05) is 12.5 Å². The Kier molecular flexibility index (Phi) is 7.64. The molecular weight excluding hydrogens is 398 g/mol. The molecule has 1 heterocycles. The minimum Gasteiger partial charge on any atom is -0.396 e. The van der Waals surface area contributed by atoms with Gasteiger partial charge in [0.1, 0.15) is 17.6 Å². The summed E-state index contributed by atoms with van der Waals surface area (Å²) in [7, 11) is 0. The third-order valence-electron chi connectivity index (χ3n) is 3.87. The van der Waals surface area contributed by atoms with Crippen LogP contribution in [0.5, 0.6) is 0 Å². The van der Waals surface area contributed by atoms with Crippen LogP contribution in [0.15, 0.2) is 41.5 Å². The Bertz CT molecular complexity index is 1010. The maximum atomic E-state index is 13.9. The van der Waals surface area contributed by atoms with Crippen molar-refractivity contribution in [1.29, 1.82) is 0 Å². The molecular formula is C19H20F2N6O3. The summed E-state index contributed by atoms with van der Waals surface area (Å²) in [5, 5.41) is 11.5. The molecule has 1 amide bonds. The molecule has 1 atom stereocenters. The molecule has 0 spiro atoms. The molecule has 6 N–H and O–H groups in total. The van der Waals surface area contributed by atoms with Crippen molar-refractivity contribution >= 4 is 28.9 Å². The van der Waals surface area contributed by atoms with E-state index >= 15 is 0 Å². The first-order chi connectivity index (χ1) is 14.2. The molecule has 2 aromatic rings. The van der Waals surface area contributed by atoms with E-state index in [0.717, 1.165) is 6.20 Å². The normalized spacial score (nSPS) is 13.1. The van der Waals surface area contributed by atoms with E-state index in [1.54, 1.807) is 6.07 Å². The molecule has 0 unspecified atom stereocenters. The number of aromatic nitrogens is 2. The SMILES string of the molecule is CC(=O)C(C=C(N)c1ncc(F)c(N[C@@H](CO)C(N)=O)n1)=NCc1ccccc1F. The summed E-state index contributed by atoms with van der Waals surface area (Å²) in [6.07, 6.45) is 1.97. The number of carbonyl (C=O) groups is 2. The number of nitrogens with two attached hydrogens (primary N) is 2. The van der Waals surface area contributed by atoms with Crippen LogP contribution in [0.1, 0.15) is 18.3 Å². The molecule has 0 radical (unpaired) electrons. The Morgan fingerprint density at radius 1 is 1.27 bits per heavy atom. The predicted octanol–water partition coefficient (Wildman–Crippen LogP) is 0.543. The highest BCUT2D eigenvalue weighted by Crippen LogP contribution is 2.14. The number of rotatable bonds is 9. The molecule has 0 saturated heterocycles. The number of aliphatic imine (C=N–C) groups is 1. The van der Waals surface area contributed by atoms with Crippen molar-refractivity contribution in [3.8, 4) is 0 Å². The number of aliphatic hydroxyl groups is 1. The van der Waals surface area contributed by atoms with Crippen LogP contribution in [-0.2, 0) is 16.1 Å². The van der Waals surface area contributed by atoms with Gasteiger partial charge < -0.3 is 21.9 Å². The lowest BCUT2D eigenvalue weighted by Crippen LogP contribution is -2.39. The van der Waals surface area contributed by atoms with Crippen LogP contribution >= 0.6 is 0 Å². The van der Waals surface area contributed by atoms with E-state index in [0.29, 0.717) is 0 Å². The largest absolute Gasteiger partial charge is 0.396 e. The van der Waals surface area contributed by atoms with Crippen LogP contribution in [0.3, 0.4) is 0 Å². The van der Waals surface area contributed by atoms with E-state index in [9.17, 15) is 18.4 Å². The predicted molar refractivity (Wildman–Crippen MR) is 106 cm³/mol. The maximum Gasteiger partial charge on any atom is 0.242 e. The van der Waals surface area contributed by atoms with E-state index in [1.807, 2.05) is 0 Å². The first kappa shape index (κ1) is 22.6. The molecule has 1 aromatic heterocycles. The van der Waals surface area contributed by atoms with Crippen LogP contribution < -0.4 is 16.8 Å². The van der Waals surface area contributed by atoms with Crippen LogP contribution in [0.25, 0.3) is 5.70 Å². The lowest BCUT2D eigenvalue weighted by Gasteiger charge is -2.14. The highest BCUT2D eigenvalue weighted by atomic mass is 19.1. The van der Waals surface area contributed by atoms with Crippen LogP contribution in [0.4, 0.5) is 14.6 Å². The Hall–Kier alpha value is -3.73. The van der Waals surface area contributed by atoms with Crippen LogP contribution in [-0.4, -0.2) is 45.1 Å². The van der Waals surface area contributed by atoms with Crippen molar-refractivity contribution < 1.29 is 23.5 Å². The third kappa shape index (κ3) is 5.88. The lowest BCUT2D eigenvalue weighted by molar-refractivity contribution is -0.119. The fourth-order valence-electron chi connectivity index (χ4n) is 2.25. The van der Waals surface area contributed by atoms with Crippen molar-refractivity contribution in [2.45, 2.75) is 19.5 Å². The standard InChI is InChI=1S/C19H20F2N6O3/c1-10(29)15(24-7-11-4-2-3-5-12(11)20)6-14(22)19-25-8-13(21)18(27-19)26-16(9-28)17(23)30/h2-6,8,16,28H,7,9,22H2,1H3,(H2,23,30)(H,25,26,27)/t16-/m0/s1. The Balaban J connectivity index is 2.31. The number of nitrogens with one attached hydrogen (secondary N) is 1. The Morgan fingerprint density at radius 2 is 1.97 bits per heavy atom. The summed E-state index contributed by atoms with van der Waals surface area (Å²) >= 11 is 0. The fourth-order valence-corrected chi connectivity index (χ4v) is 2.25. The number of primary amides is 1. The molecule has 30 heavy (non-hydrogen) atoms. The van der Waals surface area contributed by atoms with E-state index in [4.69, 9.17) is 16.6 Å². The quantitative estimate of drug-likeness (QED) is 0.433. The number of Topliss-reactive ketones (excluding diaryl/α,β-unsaturated/α-hetero) is 1.